The van der Waals surface area contributed by atoms with Crippen molar-refractivity contribution in [2.75, 3.05) is 6.54 Å². The molecule has 0 spiro atoms. The molecule has 0 saturated carbocycles. The zero-order valence-electron chi connectivity index (χ0n) is 10.6. The summed E-state index contributed by atoms with van der Waals surface area (Å²) < 4.78 is 0. The van der Waals surface area contributed by atoms with E-state index < -0.39 is 0 Å². The smallest absolute Gasteiger partial charge is 0.0637 e. The van der Waals surface area contributed by atoms with Gasteiger partial charge in [0.2, 0.25) is 0 Å². The molecule has 0 fully saturated rings. The molecule has 1 rings (SSSR count). The molecule has 0 saturated heterocycles. The van der Waals surface area contributed by atoms with Gasteiger partial charge in [-0.25, -0.2) is 0 Å². The van der Waals surface area contributed by atoms with Crippen LogP contribution in [0.4, 0.5) is 0 Å². The van der Waals surface area contributed by atoms with Crippen LogP contribution in [-0.2, 0) is 6.54 Å². The molecule has 0 unspecified atom stereocenters. The highest BCUT2D eigenvalue weighted by molar-refractivity contribution is 6.42. The summed E-state index contributed by atoms with van der Waals surface area (Å²) in [6, 6.07) is 5.76. The zero-order chi connectivity index (χ0) is 12.7. The number of unbranched alkanes of at least 4 members (excludes halogenated alkanes) is 1. The standard InChI is InChI=1S/C14H21Cl2N/c1-11(2)6-3-4-9-17-10-12-7-5-8-13(15)14(12)16/h5,7-8,11,17H,3-4,6,9-10H2,1-2H3. The summed E-state index contributed by atoms with van der Waals surface area (Å²) in [6.07, 6.45) is 3.81. The SMILES string of the molecule is CC(C)CCCCNCc1cccc(Cl)c1Cl. The predicted octanol–water partition coefficient (Wildman–Crippen LogP) is 4.91. The Morgan fingerprint density at radius 1 is 1.18 bits per heavy atom. The van der Waals surface area contributed by atoms with Crippen LogP contribution in [-0.4, -0.2) is 6.54 Å². The van der Waals surface area contributed by atoms with Gasteiger partial charge in [-0.3, -0.25) is 0 Å². The fraction of sp³-hybridized carbons (Fsp3) is 0.571. The summed E-state index contributed by atoms with van der Waals surface area (Å²) >= 11 is 12.1. The average molecular weight is 274 g/mol. The lowest BCUT2D eigenvalue weighted by Crippen LogP contribution is -2.15. The molecule has 0 heterocycles. The molecular formula is C14H21Cl2N. The van der Waals surface area contributed by atoms with Crippen molar-refractivity contribution < 1.29 is 0 Å². The van der Waals surface area contributed by atoms with E-state index in [1.165, 1.54) is 19.3 Å². The van der Waals surface area contributed by atoms with Gasteiger partial charge in [0.25, 0.3) is 0 Å². The Balaban J connectivity index is 2.20. The third kappa shape index (κ3) is 5.76. The molecule has 0 atom stereocenters. The Morgan fingerprint density at radius 3 is 2.65 bits per heavy atom. The molecule has 1 N–H and O–H groups in total. The molecule has 0 aliphatic rings. The van der Waals surface area contributed by atoms with Crippen molar-refractivity contribution in [1.82, 2.24) is 5.32 Å². The molecule has 1 nitrogen and oxygen atoms in total. The van der Waals surface area contributed by atoms with Crippen LogP contribution < -0.4 is 5.32 Å². The van der Waals surface area contributed by atoms with Crippen molar-refractivity contribution in [1.29, 1.82) is 0 Å². The summed E-state index contributed by atoms with van der Waals surface area (Å²) in [5.74, 6) is 0.803. The molecule has 1 aromatic rings. The van der Waals surface area contributed by atoms with Gasteiger partial charge >= 0.3 is 0 Å². The van der Waals surface area contributed by atoms with E-state index in [4.69, 9.17) is 23.2 Å². The number of hydrogen-bond donors (Lipinski definition) is 1. The van der Waals surface area contributed by atoms with Gasteiger partial charge in [0.1, 0.15) is 0 Å². The van der Waals surface area contributed by atoms with Gasteiger partial charge < -0.3 is 5.32 Å². The first-order valence-corrected chi connectivity index (χ1v) is 7.00. The van der Waals surface area contributed by atoms with E-state index in [-0.39, 0.29) is 0 Å². The molecule has 0 amide bonds. The number of benzene rings is 1. The highest BCUT2D eigenvalue weighted by atomic mass is 35.5. The van der Waals surface area contributed by atoms with Crippen molar-refractivity contribution in [3.63, 3.8) is 0 Å². The molecule has 0 radical (unpaired) electrons. The van der Waals surface area contributed by atoms with E-state index >= 15 is 0 Å². The zero-order valence-corrected chi connectivity index (χ0v) is 12.1. The Kier molecular flexibility index (Phi) is 6.94. The number of hydrogen-bond acceptors (Lipinski definition) is 1. The van der Waals surface area contributed by atoms with Crippen molar-refractivity contribution in [3.05, 3.63) is 33.8 Å². The molecule has 3 heteroatoms. The number of halogens is 2. The summed E-state index contributed by atoms with van der Waals surface area (Å²) in [5.41, 5.74) is 1.07. The lowest BCUT2D eigenvalue weighted by molar-refractivity contribution is 0.520. The first kappa shape index (κ1) is 14.8. The Hall–Kier alpha value is -0.240. The van der Waals surface area contributed by atoms with Crippen LogP contribution in [0.1, 0.15) is 38.7 Å². The fourth-order valence-corrected chi connectivity index (χ4v) is 2.10. The Bertz CT molecular complexity index is 337. The summed E-state index contributed by atoms with van der Waals surface area (Å²) in [5, 5.41) is 4.70. The quantitative estimate of drug-likeness (QED) is 0.697. The third-order valence-electron chi connectivity index (χ3n) is 2.73. The second kappa shape index (κ2) is 7.97. The molecule has 17 heavy (non-hydrogen) atoms. The first-order chi connectivity index (χ1) is 8.11. The first-order valence-electron chi connectivity index (χ1n) is 6.25. The average Bonchev–Trinajstić information content (AvgIpc) is 2.28. The van der Waals surface area contributed by atoms with Crippen LogP contribution in [0.5, 0.6) is 0 Å². The monoisotopic (exact) mass is 273 g/mol. The largest absolute Gasteiger partial charge is 0.313 e. The second-order valence-corrected chi connectivity index (χ2v) is 5.56. The Labute approximate surface area is 115 Å². The molecule has 0 aromatic heterocycles. The lowest BCUT2D eigenvalue weighted by atomic mass is 10.1. The van der Waals surface area contributed by atoms with E-state index in [1.807, 2.05) is 18.2 Å². The number of rotatable bonds is 7. The van der Waals surface area contributed by atoms with Crippen molar-refractivity contribution in [3.8, 4) is 0 Å². The van der Waals surface area contributed by atoms with Crippen molar-refractivity contribution in [2.24, 2.45) is 5.92 Å². The highest BCUT2D eigenvalue weighted by Gasteiger charge is 2.03. The fourth-order valence-electron chi connectivity index (χ4n) is 1.71. The molecule has 0 aliphatic heterocycles. The number of nitrogens with one attached hydrogen (secondary N) is 1. The van der Waals surface area contributed by atoms with Crippen molar-refractivity contribution in [2.45, 2.75) is 39.7 Å². The van der Waals surface area contributed by atoms with E-state index in [0.717, 1.165) is 24.6 Å². The Morgan fingerprint density at radius 2 is 1.94 bits per heavy atom. The van der Waals surface area contributed by atoms with Crippen LogP contribution in [0, 0.1) is 5.92 Å². The highest BCUT2D eigenvalue weighted by Crippen LogP contribution is 2.25. The minimum absolute atomic E-state index is 0.630. The summed E-state index contributed by atoms with van der Waals surface area (Å²) in [7, 11) is 0. The maximum Gasteiger partial charge on any atom is 0.0637 e. The predicted molar refractivity (Wildman–Crippen MR) is 76.9 cm³/mol. The van der Waals surface area contributed by atoms with E-state index in [1.54, 1.807) is 0 Å². The molecule has 0 bridgehead atoms. The van der Waals surface area contributed by atoms with E-state index in [2.05, 4.69) is 19.2 Å². The van der Waals surface area contributed by atoms with Crippen LogP contribution in [0.15, 0.2) is 18.2 Å². The minimum atomic E-state index is 0.630. The summed E-state index contributed by atoms with van der Waals surface area (Å²) in [4.78, 5) is 0. The lowest BCUT2D eigenvalue weighted by Gasteiger charge is -2.08. The summed E-state index contributed by atoms with van der Waals surface area (Å²) in [6.45, 7) is 6.36. The van der Waals surface area contributed by atoms with Gasteiger partial charge in [-0.1, -0.05) is 62.0 Å². The van der Waals surface area contributed by atoms with Gasteiger partial charge in [0.05, 0.1) is 10.0 Å². The van der Waals surface area contributed by atoms with E-state index in [9.17, 15) is 0 Å². The third-order valence-corrected chi connectivity index (χ3v) is 3.59. The maximum absolute atomic E-state index is 6.10. The van der Waals surface area contributed by atoms with Crippen LogP contribution in [0.25, 0.3) is 0 Å². The van der Waals surface area contributed by atoms with Crippen molar-refractivity contribution >= 4 is 23.2 Å². The molecule has 96 valence electrons. The van der Waals surface area contributed by atoms with Crippen LogP contribution >= 0.6 is 23.2 Å². The maximum atomic E-state index is 6.10. The van der Waals surface area contributed by atoms with Crippen LogP contribution in [0.2, 0.25) is 10.0 Å². The topological polar surface area (TPSA) is 12.0 Å². The normalized spacial score (nSPS) is 11.1. The second-order valence-electron chi connectivity index (χ2n) is 4.78. The molecule has 1 aromatic carbocycles. The minimum Gasteiger partial charge on any atom is -0.313 e. The van der Waals surface area contributed by atoms with Gasteiger partial charge in [-0.05, 0) is 30.5 Å². The van der Waals surface area contributed by atoms with E-state index in [0.29, 0.717) is 10.0 Å². The van der Waals surface area contributed by atoms with Crippen LogP contribution in [0.3, 0.4) is 0 Å². The van der Waals surface area contributed by atoms with Gasteiger partial charge in [-0.2, -0.15) is 0 Å². The van der Waals surface area contributed by atoms with Gasteiger partial charge in [-0.15, -0.1) is 0 Å². The van der Waals surface area contributed by atoms with Gasteiger partial charge in [0.15, 0.2) is 0 Å². The molecule has 0 aliphatic carbocycles. The van der Waals surface area contributed by atoms with Gasteiger partial charge in [0, 0.05) is 6.54 Å². The molecular weight excluding hydrogens is 253 g/mol.